The van der Waals surface area contributed by atoms with E-state index in [4.69, 9.17) is 5.73 Å². The van der Waals surface area contributed by atoms with Gasteiger partial charge in [-0.25, -0.2) is 8.42 Å². The molecule has 1 aromatic carbocycles. The van der Waals surface area contributed by atoms with Crippen molar-refractivity contribution in [2.24, 2.45) is 7.05 Å². The fourth-order valence-electron chi connectivity index (χ4n) is 1.92. The van der Waals surface area contributed by atoms with Crippen molar-refractivity contribution in [3.8, 4) is 0 Å². The Morgan fingerprint density at radius 3 is 2.53 bits per heavy atom. The summed E-state index contributed by atoms with van der Waals surface area (Å²) < 4.78 is 28.8. The van der Waals surface area contributed by atoms with Crippen molar-refractivity contribution in [3.63, 3.8) is 0 Å². The highest BCUT2D eigenvalue weighted by atomic mass is 32.2. The van der Waals surface area contributed by atoms with Crippen LogP contribution in [0.1, 0.15) is 11.1 Å². The second-order valence-electron chi connectivity index (χ2n) is 4.37. The van der Waals surface area contributed by atoms with E-state index in [2.05, 4.69) is 9.82 Å². The van der Waals surface area contributed by atoms with Crippen molar-refractivity contribution in [3.05, 3.63) is 35.5 Å². The number of nitrogen functional groups attached to an aromatic ring is 1. The van der Waals surface area contributed by atoms with Crippen molar-refractivity contribution in [1.82, 2.24) is 9.78 Å². The minimum Gasteiger partial charge on any atom is -0.398 e. The normalized spacial score (nSPS) is 11.5. The highest BCUT2D eigenvalue weighted by molar-refractivity contribution is 7.92. The van der Waals surface area contributed by atoms with Gasteiger partial charge in [-0.15, -0.1) is 0 Å². The molecule has 7 heteroatoms. The van der Waals surface area contributed by atoms with Crippen LogP contribution in [0.25, 0.3) is 0 Å². The molecule has 3 N–H and O–H groups in total. The van der Waals surface area contributed by atoms with Gasteiger partial charge in [-0.3, -0.25) is 9.40 Å². The Hall–Kier alpha value is -2.02. The van der Waals surface area contributed by atoms with Gasteiger partial charge in [-0.1, -0.05) is 6.07 Å². The first kappa shape index (κ1) is 13.4. The van der Waals surface area contributed by atoms with Gasteiger partial charge in [0.25, 0.3) is 10.0 Å². The van der Waals surface area contributed by atoms with Gasteiger partial charge in [-0.05, 0) is 31.0 Å². The minimum absolute atomic E-state index is 0.216. The summed E-state index contributed by atoms with van der Waals surface area (Å²) in [5.74, 6) is 0.404. The van der Waals surface area contributed by atoms with Crippen molar-refractivity contribution in [2.45, 2.75) is 18.7 Å². The second kappa shape index (κ2) is 4.58. The molecule has 0 saturated carbocycles. The molecule has 0 radical (unpaired) electrons. The van der Waals surface area contributed by atoms with E-state index in [0.717, 1.165) is 0 Å². The van der Waals surface area contributed by atoms with Crippen LogP contribution >= 0.6 is 0 Å². The molecular formula is C12H16N4O2S. The number of aromatic nitrogens is 2. The molecule has 0 aliphatic carbocycles. The monoisotopic (exact) mass is 280 g/mol. The zero-order chi connectivity index (χ0) is 14.2. The van der Waals surface area contributed by atoms with Crippen LogP contribution in [0.2, 0.25) is 0 Å². The maximum absolute atomic E-state index is 12.4. The van der Waals surface area contributed by atoms with Gasteiger partial charge < -0.3 is 5.73 Å². The molecule has 1 heterocycles. The molecule has 0 bridgehead atoms. The Morgan fingerprint density at radius 2 is 1.95 bits per heavy atom. The Labute approximate surface area is 112 Å². The molecule has 2 rings (SSSR count). The molecule has 0 aliphatic heterocycles. The van der Waals surface area contributed by atoms with Gasteiger partial charge >= 0.3 is 0 Å². The van der Waals surface area contributed by atoms with Crippen LogP contribution in [-0.4, -0.2) is 18.2 Å². The standard InChI is InChI=1S/C12H16N4O2S/c1-8-4-5-10(13)9(2)12(8)19(17,18)15-11-6-7-14-16(11)3/h4-7,15H,13H2,1-3H3. The number of aryl methyl sites for hydroxylation is 2. The average molecular weight is 280 g/mol. The van der Waals surface area contributed by atoms with Crippen molar-refractivity contribution < 1.29 is 8.42 Å². The molecule has 0 amide bonds. The molecule has 0 saturated heterocycles. The molecule has 1 aromatic heterocycles. The van der Waals surface area contributed by atoms with Crippen LogP contribution in [0, 0.1) is 13.8 Å². The largest absolute Gasteiger partial charge is 0.398 e. The van der Waals surface area contributed by atoms with E-state index in [1.807, 2.05) is 0 Å². The van der Waals surface area contributed by atoms with E-state index in [9.17, 15) is 8.42 Å². The molecule has 19 heavy (non-hydrogen) atoms. The maximum Gasteiger partial charge on any atom is 0.263 e. The first-order chi connectivity index (χ1) is 8.83. The predicted octanol–water partition coefficient (Wildman–Crippen LogP) is 1.42. The number of nitrogens with two attached hydrogens (primary N) is 1. The Kier molecular flexibility index (Phi) is 3.23. The third-order valence-corrected chi connectivity index (χ3v) is 4.62. The third kappa shape index (κ3) is 2.41. The Bertz CT molecular complexity index is 719. The van der Waals surface area contributed by atoms with Crippen molar-refractivity contribution in [1.29, 1.82) is 0 Å². The first-order valence-corrected chi connectivity index (χ1v) is 7.18. The first-order valence-electron chi connectivity index (χ1n) is 5.69. The van der Waals surface area contributed by atoms with E-state index in [-0.39, 0.29) is 4.90 Å². The zero-order valence-corrected chi connectivity index (χ0v) is 11.8. The van der Waals surface area contributed by atoms with Crippen LogP contribution < -0.4 is 10.5 Å². The highest BCUT2D eigenvalue weighted by Gasteiger charge is 2.21. The van der Waals surface area contributed by atoms with Crippen LogP contribution in [0.15, 0.2) is 29.3 Å². The van der Waals surface area contributed by atoms with Gasteiger partial charge in [-0.2, -0.15) is 5.10 Å². The van der Waals surface area contributed by atoms with E-state index in [1.165, 1.54) is 10.9 Å². The van der Waals surface area contributed by atoms with Crippen molar-refractivity contribution >= 4 is 21.5 Å². The number of anilines is 2. The van der Waals surface area contributed by atoms with Gasteiger partial charge in [0.1, 0.15) is 5.82 Å². The SMILES string of the molecule is Cc1ccc(N)c(C)c1S(=O)(=O)Nc1ccnn1C. The van der Waals surface area contributed by atoms with Gasteiger partial charge in [0, 0.05) is 18.8 Å². The molecule has 6 nitrogen and oxygen atoms in total. The number of nitrogens with one attached hydrogen (secondary N) is 1. The smallest absolute Gasteiger partial charge is 0.263 e. The van der Waals surface area contributed by atoms with Crippen LogP contribution in [0.5, 0.6) is 0 Å². The molecule has 2 aromatic rings. The summed E-state index contributed by atoms with van der Waals surface area (Å²) in [4.78, 5) is 0.216. The maximum atomic E-state index is 12.4. The van der Waals surface area contributed by atoms with Crippen molar-refractivity contribution in [2.75, 3.05) is 10.5 Å². The average Bonchev–Trinajstić information content (AvgIpc) is 2.69. The lowest BCUT2D eigenvalue weighted by Gasteiger charge is -2.14. The molecule has 0 aliphatic rings. The van der Waals surface area contributed by atoms with Crippen LogP contribution in [0.4, 0.5) is 11.5 Å². The number of rotatable bonds is 3. The number of hydrogen-bond acceptors (Lipinski definition) is 4. The van der Waals surface area contributed by atoms with E-state index < -0.39 is 10.0 Å². The van der Waals surface area contributed by atoms with E-state index in [1.54, 1.807) is 39.1 Å². The summed E-state index contributed by atoms with van der Waals surface area (Å²) in [7, 11) is -2.02. The van der Waals surface area contributed by atoms with Crippen LogP contribution in [-0.2, 0) is 17.1 Å². The minimum atomic E-state index is -3.68. The summed E-state index contributed by atoms with van der Waals surface area (Å²) in [6, 6.07) is 4.99. The molecule has 0 fully saturated rings. The Balaban J connectivity index is 2.52. The predicted molar refractivity (Wildman–Crippen MR) is 74.3 cm³/mol. The number of nitrogens with zero attached hydrogens (tertiary/aromatic N) is 2. The zero-order valence-electron chi connectivity index (χ0n) is 11.0. The summed E-state index contributed by atoms with van der Waals surface area (Å²) in [5, 5.41) is 3.92. The van der Waals surface area contributed by atoms with Crippen LogP contribution in [0.3, 0.4) is 0 Å². The Morgan fingerprint density at radius 1 is 1.26 bits per heavy atom. The molecule has 102 valence electrons. The van der Waals surface area contributed by atoms with Gasteiger partial charge in [0.05, 0.1) is 11.1 Å². The number of hydrogen-bond donors (Lipinski definition) is 2. The van der Waals surface area contributed by atoms with Gasteiger partial charge in [0.15, 0.2) is 0 Å². The lowest BCUT2D eigenvalue weighted by Crippen LogP contribution is -2.18. The highest BCUT2D eigenvalue weighted by Crippen LogP contribution is 2.26. The third-order valence-electron chi connectivity index (χ3n) is 2.97. The number of sulfonamides is 1. The quantitative estimate of drug-likeness (QED) is 0.832. The number of benzene rings is 1. The molecule has 0 unspecified atom stereocenters. The summed E-state index contributed by atoms with van der Waals surface area (Å²) in [5.41, 5.74) is 7.44. The van der Waals surface area contributed by atoms with E-state index in [0.29, 0.717) is 22.6 Å². The molecule has 0 atom stereocenters. The topological polar surface area (TPSA) is 90.0 Å². The fourth-order valence-corrected chi connectivity index (χ4v) is 3.51. The summed E-state index contributed by atoms with van der Waals surface area (Å²) >= 11 is 0. The lowest BCUT2D eigenvalue weighted by molar-refractivity contribution is 0.599. The lowest BCUT2D eigenvalue weighted by atomic mass is 10.1. The molecule has 0 spiro atoms. The fraction of sp³-hybridized carbons (Fsp3) is 0.250. The second-order valence-corrected chi connectivity index (χ2v) is 5.99. The molecular weight excluding hydrogens is 264 g/mol. The van der Waals surface area contributed by atoms with Gasteiger partial charge in [0.2, 0.25) is 0 Å². The summed E-state index contributed by atoms with van der Waals surface area (Å²) in [6.07, 6.45) is 1.52. The van der Waals surface area contributed by atoms with E-state index >= 15 is 0 Å². The summed E-state index contributed by atoms with van der Waals surface area (Å²) in [6.45, 7) is 3.43.